The second kappa shape index (κ2) is 8.41. The predicted molar refractivity (Wildman–Crippen MR) is 116 cm³/mol. The zero-order valence-electron chi connectivity index (χ0n) is 15.2. The molecule has 1 amide bonds. The lowest BCUT2D eigenvalue weighted by atomic mass is 10.2. The van der Waals surface area contributed by atoms with Crippen molar-refractivity contribution in [3.8, 4) is 0 Å². The summed E-state index contributed by atoms with van der Waals surface area (Å²) < 4.78 is 5.04. The molecule has 0 bridgehead atoms. The van der Waals surface area contributed by atoms with Gasteiger partial charge in [0.1, 0.15) is 5.70 Å². The highest BCUT2D eigenvalue weighted by molar-refractivity contribution is 8.13. The summed E-state index contributed by atoms with van der Waals surface area (Å²) in [6.07, 6.45) is 3.02. The zero-order chi connectivity index (χ0) is 20.4. The molecule has 0 spiro atoms. The molecule has 0 saturated carbocycles. The van der Waals surface area contributed by atoms with E-state index < -0.39 is 0 Å². The van der Waals surface area contributed by atoms with Gasteiger partial charge in [-0.2, -0.15) is 4.98 Å². The summed E-state index contributed by atoms with van der Waals surface area (Å²) in [4.78, 5) is 23.3. The van der Waals surface area contributed by atoms with Gasteiger partial charge in [0.2, 0.25) is 5.89 Å². The van der Waals surface area contributed by atoms with Crippen LogP contribution in [0.5, 0.6) is 0 Å². The summed E-state index contributed by atoms with van der Waals surface area (Å²) in [5, 5.41) is 5.00. The van der Waals surface area contributed by atoms with Crippen LogP contribution in [-0.2, 0) is 10.5 Å². The number of halogens is 2. The Labute approximate surface area is 181 Å². The number of benzene rings is 2. The van der Waals surface area contributed by atoms with Gasteiger partial charge >= 0.3 is 0 Å². The number of aromatic nitrogens is 2. The number of nitrogens with zero attached hydrogens (tertiary/aromatic N) is 4. The Morgan fingerprint density at radius 3 is 2.62 bits per heavy atom. The number of amides is 1. The maximum atomic E-state index is 13.1. The fourth-order valence-corrected chi connectivity index (χ4v) is 3.83. The maximum Gasteiger partial charge on any atom is 0.283 e. The molecule has 0 aliphatic carbocycles. The number of hydrogen-bond acceptors (Lipinski definition) is 6. The van der Waals surface area contributed by atoms with Crippen LogP contribution in [-0.4, -0.2) is 21.2 Å². The van der Waals surface area contributed by atoms with Gasteiger partial charge < -0.3 is 4.52 Å². The third kappa shape index (κ3) is 4.37. The molecule has 146 valence electrons. The first kappa shape index (κ1) is 19.7. The molecule has 2 heterocycles. The maximum absolute atomic E-state index is 13.1. The minimum Gasteiger partial charge on any atom is -0.339 e. The van der Waals surface area contributed by atoms with Gasteiger partial charge in [-0.3, -0.25) is 9.69 Å². The molecule has 9 heteroatoms. The molecule has 0 atom stereocenters. The molecule has 0 radical (unpaired) electrons. The second-order valence-electron chi connectivity index (χ2n) is 6.20. The lowest BCUT2D eigenvalue weighted by molar-refractivity contribution is -0.113. The van der Waals surface area contributed by atoms with Gasteiger partial charge in [-0.15, -0.1) is 0 Å². The van der Waals surface area contributed by atoms with E-state index in [1.165, 1.54) is 18.1 Å². The number of thioether (sulfide) groups is 1. The largest absolute Gasteiger partial charge is 0.339 e. The first-order valence-electron chi connectivity index (χ1n) is 8.56. The second-order valence-corrected chi connectivity index (χ2v) is 7.95. The number of rotatable bonds is 4. The van der Waals surface area contributed by atoms with Crippen LogP contribution in [0.25, 0.3) is 6.08 Å². The number of amidine groups is 1. The Hall–Kier alpha value is -2.61. The van der Waals surface area contributed by atoms with E-state index in [1.54, 1.807) is 29.2 Å². The molecule has 0 N–H and O–H groups in total. The summed E-state index contributed by atoms with van der Waals surface area (Å²) in [5.41, 5.74) is 2.87. The van der Waals surface area contributed by atoms with Crippen molar-refractivity contribution in [2.75, 3.05) is 4.90 Å². The third-order valence-electron chi connectivity index (χ3n) is 4.10. The van der Waals surface area contributed by atoms with E-state index in [1.807, 2.05) is 31.2 Å². The number of hydrogen-bond donors (Lipinski definition) is 0. The van der Waals surface area contributed by atoms with E-state index in [9.17, 15) is 4.79 Å². The van der Waals surface area contributed by atoms with E-state index in [0.717, 1.165) is 16.8 Å². The molecular weight excluding hydrogens is 431 g/mol. The van der Waals surface area contributed by atoms with Gasteiger partial charge in [-0.25, -0.2) is 4.99 Å². The van der Waals surface area contributed by atoms with Crippen LogP contribution in [0.15, 0.2) is 64.0 Å². The van der Waals surface area contributed by atoms with E-state index in [4.69, 9.17) is 27.7 Å². The van der Waals surface area contributed by atoms with Crippen molar-refractivity contribution in [2.45, 2.75) is 12.7 Å². The smallest absolute Gasteiger partial charge is 0.283 e. The van der Waals surface area contributed by atoms with Gasteiger partial charge in [-0.05, 0) is 42.8 Å². The Balaban J connectivity index is 1.68. The standard InChI is InChI=1S/C20H14Cl2N4O2S/c1-12-2-5-14(6-3-12)26-19(27)17(9-13-4-7-15(21)16(22)8-13)25-20(26)29-10-18-23-11-24-28-18/h2-9,11H,10H2,1H3/b17-9-. The minimum atomic E-state index is -0.229. The van der Waals surface area contributed by atoms with Crippen molar-refractivity contribution in [2.24, 2.45) is 4.99 Å². The molecule has 29 heavy (non-hydrogen) atoms. The Bertz CT molecular complexity index is 1110. The van der Waals surface area contributed by atoms with Crippen molar-refractivity contribution in [3.63, 3.8) is 0 Å². The van der Waals surface area contributed by atoms with E-state index in [0.29, 0.717) is 32.6 Å². The normalized spacial score (nSPS) is 15.3. The molecule has 2 aromatic carbocycles. The minimum absolute atomic E-state index is 0.229. The Kier molecular flexibility index (Phi) is 5.71. The SMILES string of the molecule is Cc1ccc(N2C(=O)/C(=C/c3ccc(Cl)c(Cl)c3)N=C2SCc2ncno2)cc1. The molecule has 0 unspecified atom stereocenters. The summed E-state index contributed by atoms with van der Waals surface area (Å²) in [6.45, 7) is 1.99. The Morgan fingerprint density at radius 1 is 1.14 bits per heavy atom. The number of carbonyl (C=O) groups excluding carboxylic acids is 1. The van der Waals surface area contributed by atoms with Crippen LogP contribution in [0, 0.1) is 6.92 Å². The molecule has 3 aromatic rings. The first-order chi connectivity index (χ1) is 14.0. The molecular formula is C20H14Cl2N4O2S. The lowest BCUT2D eigenvalue weighted by Crippen LogP contribution is -2.30. The van der Waals surface area contributed by atoms with Crippen LogP contribution in [0.2, 0.25) is 10.0 Å². The molecule has 1 aliphatic heterocycles. The van der Waals surface area contributed by atoms with Crippen molar-refractivity contribution in [3.05, 3.63) is 81.6 Å². The van der Waals surface area contributed by atoms with Crippen LogP contribution in [0.4, 0.5) is 5.69 Å². The van der Waals surface area contributed by atoms with Crippen molar-refractivity contribution in [1.29, 1.82) is 0 Å². The van der Waals surface area contributed by atoms with Crippen LogP contribution in [0.3, 0.4) is 0 Å². The van der Waals surface area contributed by atoms with Crippen molar-refractivity contribution >= 4 is 57.8 Å². The van der Waals surface area contributed by atoms with Crippen molar-refractivity contribution in [1.82, 2.24) is 10.1 Å². The molecule has 1 aliphatic rings. The van der Waals surface area contributed by atoms with Gasteiger partial charge in [0.05, 0.1) is 21.5 Å². The average Bonchev–Trinajstić information content (AvgIpc) is 3.32. The predicted octanol–water partition coefficient (Wildman–Crippen LogP) is 5.36. The number of aliphatic imine (C=N–C) groups is 1. The quantitative estimate of drug-likeness (QED) is 0.506. The summed E-state index contributed by atoms with van der Waals surface area (Å²) >= 11 is 13.4. The average molecular weight is 445 g/mol. The monoisotopic (exact) mass is 444 g/mol. The van der Waals surface area contributed by atoms with Crippen LogP contribution in [0.1, 0.15) is 17.0 Å². The number of carbonyl (C=O) groups is 1. The number of aryl methyl sites for hydroxylation is 1. The van der Waals surface area contributed by atoms with Crippen LogP contribution < -0.4 is 4.90 Å². The van der Waals surface area contributed by atoms with Crippen LogP contribution >= 0.6 is 35.0 Å². The first-order valence-corrected chi connectivity index (χ1v) is 10.3. The van der Waals surface area contributed by atoms with E-state index in [-0.39, 0.29) is 5.91 Å². The topological polar surface area (TPSA) is 71.6 Å². The zero-order valence-corrected chi connectivity index (χ0v) is 17.5. The Morgan fingerprint density at radius 2 is 1.93 bits per heavy atom. The lowest BCUT2D eigenvalue weighted by Gasteiger charge is -2.17. The van der Waals surface area contributed by atoms with Gasteiger partial charge in [0, 0.05) is 0 Å². The fraction of sp³-hybridized carbons (Fsp3) is 0.100. The summed E-state index contributed by atoms with van der Waals surface area (Å²) in [7, 11) is 0. The van der Waals surface area contributed by atoms with Gasteiger partial charge in [-0.1, -0.05) is 63.9 Å². The molecule has 1 aromatic heterocycles. The third-order valence-corrected chi connectivity index (χ3v) is 5.76. The highest BCUT2D eigenvalue weighted by Gasteiger charge is 2.32. The van der Waals surface area contributed by atoms with Crippen molar-refractivity contribution < 1.29 is 9.32 Å². The summed E-state index contributed by atoms with van der Waals surface area (Å²) in [5.74, 6) is 0.623. The highest BCUT2D eigenvalue weighted by Crippen LogP contribution is 2.31. The molecule has 6 nitrogen and oxygen atoms in total. The van der Waals surface area contributed by atoms with Gasteiger partial charge in [0.25, 0.3) is 5.91 Å². The molecule has 0 saturated heterocycles. The molecule has 4 rings (SSSR count). The fourth-order valence-electron chi connectivity index (χ4n) is 2.66. The summed E-state index contributed by atoms with van der Waals surface area (Å²) in [6, 6.07) is 12.8. The van der Waals surface area contributed by atoms with E-state index >= 15 is 0 Å². The van der Waals surface area contributed by atoms with E-state index in [2.05, 4.69) is 15.1 Å². The number of anilines is 1. The van der Waals surface area contributed by atoms with Gasteiger partial charge in [0.15, 0.2) is 11.5 Å². The highest BCUT2D eigenvalue weighted by atomic mass is 35.5. The molecule has 0 fully saturated rings.